The Morgan fingerprint density at radius 1 is 1.00 bits per heavy atom. The third-order valence-corrected chi connectivity index (χ3v) is 7.52. The van der Waals surface area contributed by atoms with Crippen molar-refractivity contribution in [3.63, 3.8) is 0 Å². The van der Waals surface area contributed by atoms with Crippen LogP contribution in [-0.4, -0.2) is 21.5 Å². The summed E-state index contributed by atoms with van der Waals surface area (Å²) >= 11 is 18.7. The van der Waals surface area contributed by atoms with Crippen molar-refractivity contribution in [2.45, 2.75) is 25.9 Å². The molecule has 182 valence electrons. The molecular weight excluding hydrogens is 515 g/mol. The quantitative estimate of drug-likeness (QED) is 0.293. The molecule has 6 rings (SSSR count). The summed E-state index contributed by atoms with van der Waals surface area (Å²) in [5.41, 5.74) is 5.91. The number of benzene rings is 2. The Kier molecular flexibility index (Phi) is 5.79. The van der Waals surface area contributed by atoms with E-state index in [9.17, 15) is 0 Å². The first-order valence-corrected chi connectivity index (χ1v) is 12.6. The Hall–Kier alpha value is -3.26. The van der Waals surface area contributed by atoms with E-state index in [4.69, 9.17) is 44.9 Å². The number of nitrogens with one attached hydrogen (secondary N) is 1. The van der Waals surface area contributed by atoms with Crippen LogP contribution in [0.4, 0.5) is 5.69 Å². The lowest BCUT2D eigenvalue weighted by Gasteiger charge is -2.28. The molecule has 0 radical (unpaired) electrons. The number of aromatic nitrogens is 2. The molecule has 2 aromatic heterocycles. The van der Waals surface area contributed by atoms with Gasteiger partial charge in [0.15, 0.2) is 16.6 Å². The number of hydrogen-bond acceptors (Lipinski definition) is 4. The topological polar surface area (TPSA) is 51.6 Å². The minimum absolute atomic E-state index is 0.168. The molecule has 1 saturated heterocycles. The SMILES string of the molecule is Cc1cc([C@H]2[C@@H](c3ccccn3)NC(=S)N2c2ccc3c(c2)OCO3)c(C)n1-c1ccc(Cl)cc1Cl. The van der Waals surface area contributed by atoms with Gasteiger partial charge in [-0.2, -0.15) is 0 Å². The van der Waals surface area contributed by atoms with Crippen molar-refractivity contribution in [1.82, 2.24) is 14.9 Å². The third-order valence-electron chi connectivity index (χ3n) is 6.67. The molecule has 2 aromatic carbocycles. The van der Waals surface area contributed by atoms with Crippen LogP contribution in [0.15, 0.2) is 66.9 Å². The fourth-order valence-electron chi connectivity index (χ4n) is 5.10. The van der Waals surface area contributed by atoms with Gasteiger partial charge in [0.1, 0.15) is 0 Å². The molecule has 6 nitrogen and oxygen atoms in total. The maximum atomic E-state index is 6.62. The molecule has 2 aliphatic rings. The van der Waals surface area contributed by atoms with E-state index in [1.807, 2.05) is 48.5 Å². The molecule has 36 heavy (non-hydrogen) atoms. The van der Waals surface area contributed by atoms with Crippen LogP contribution in [0, 0.1) is 13.8 Å². The maximum Gasteiger partial charge on any atom is 0.231 e. The van der Waals surface area contributed by atoms with Crippen molar-refractivity contribution in [2.75, 3.05) is 11.7 Å². The van der Waals surface area contributed by atoms with Gasteiger partial charge in [-0.1, -0.05) is 29.3 Å². The van der Waals surface area contributed by atoms with E-state index < -0.39 is 0 Å². The van der Waals surface area contributed by atoms with E-state index in [1.165, 1.54) is 0 Å². The lowest BCUT2D eigenvalue weighted by atomic mass is 9.96. The fraction of sp³-hybridized carbons (Fsp3) is 0.185. The number of anilines is 1. The highest BCUT2D eigenvalue weighted by atomic mass is 35.5. The van der Waals surface area contributed by atoms with E-state index in [0.29, 0.717) is 20.9 Å². The van der Waals surface area contributed by atoms with E-state index in [2.05, 4.69) is 39.7 Å². The molecule has 0 saturated carbocycles. The third kappa shape index (κ3) is 3.79. The second-order valence-electron chi connectivity index (χ2n) is 8.79. The number of thiocarbonyl (C=S) groups is 1. The summed E-state index contributed by atoms with van der Waals surface area (Å²) in [5.74, 6) is 1.43. The highest BCUT2D eigenvalue weighted by Gasteiger charge is 2.42. The monoisotopic (exact) mass is 536 g/mol. The predicted octanol–water partition coefficient (Wildman–Crippen LogP) is 6.70. The summed E-state index contributed by atoms with van der Waals surface area (Å²) in [7, 11) is 0. The maximum absolute atomic E-state index is 6.62. The number of aryl methyl sites for hydroxylation is 1. The molecule has 0 amide bonds. The van der Waals surface area contributed by atoms with Crippen LogP contribution in [0.25, 0.3) is 5.69 Å². The zero-order valence-corrected chi connectivity index (χ0v) is 21.9. The van der Waals surface area contributed by atoms with Crippen molar-refractivity contribution >= 4 is 46.2 Å². The fourth-order valence-corrected chi connectivity index (χ4v) is 5.94. The molecule has 1 fully saturated rings. The standard InChI is InChI=1S/C27H22Cl2N4O2S/c1-15-11-19(16(2)32(15)22-8-6-17(28)12-20(22)29)26-25(21-5-3-4-10-30-21)31-27(36)33(26)18-7-9-23-24(13-18)35-14-34-23/h3-13,25-26H,14H2,1-2H3,(H,31,36)/t25-,26+/m1/s1. The van der Waals surface area contributed by atoms with E-state index in [0.717, 1.165) is 39.8 Å². The number of fused-ring (bicyclic) bond motifs is 1. The van der Waals surface area contributed by atoms with Gasteiger partial charge in [0, 0.05) is 34.4 Å². The summed E-state index contributed by atoms with van der Waals surface area (Å²) < 4.78 is 13.3. The predicted molar refractivity (Wildman–Crippen MR) is 146 cm³/mol. The van der Waals surface area contributed by atoms with Gasteiger partial charge in [0.05, 0.1) is 28.5 Å². The zero-order valence-electron chi connectivity index (χ0n) is 19.5. The Morgan fingerprint density at radius 2 is 1.83 bits per heavy atom. The lowest BCUT2D eigenvalue weighted by Crippen LogP contribution is -2.29. The molecule has 0 aliphatic carbocycles. The number of nitrogens with zero attached hydrogens (tertiary/aromatic N) is 3. The molecule has 2 atom stereocenters. The Bertz CT molecular complexity index is 1490. The number of ether oxygens (including phenoxy) is 2. The second-order valence-corrected chi connectivity index (χ2v) is 10.0. The van der Waals surface area contributed by atoms with Gasteiger partial charge in [0.25, 0.3) is 0 Å². The number of rotatable bonds is 4. The molecule has 4 aromatic rings. The molecule has 2 aliphatic heterocycles. The average Bonchev–Trinajstić information content (AvgIpc) is 3.55. The first-order chi connectivity index (χ1) is 17.4. The van der Waals surface area contributed by atoms with Crippen LogP contribution in [0.1, 0.15) is 34.7 Å². The first-order valence-electron chi connectivity index (χ1n) is 11.5. The molecule has 9 heteroatoms. The molecule has 1 N–H and O–H groups in total. The second kappa shape index (κ2) is 9.00. The van der Waals surface area contributed by atoms with Crippen LogP contribution in [0.2, 0.25) is 10.0 Å². The van der Waals surface area contributed by atoms with Gasteiger partial charge >= 0.3 is 0 Å². The largest absolute Gasteiger partial charge is 0.454 e. The minimum atomic E-state index is -0.168. The van der Waals surface area contributed by atoms with Gasteiger partial charge in [-0.05, 0) is 80.2 Å². The summed E-state index contributed by atoms with van der Waals surface area (Å²) in [5, 5.41) is 5.32. The summed E-state index contributed by atoms with van der Waals surface area (Å²) in [6, 6.07) is 19.2. The Morgan fingerprint density at radius 3 is 2.61 bits per heavy atom. The Labute approximate surface area is 224 Å². The van der Waals surface area contributed by atoms with Crippen molar-refractivity contribution < 1.29 is 9.47 Å². The summed E-state index contributed by atoms with van der Waals surface area (Å²) in [4.78, 5) is 6.79. The summed E-state index contributed by atoms with van der Waals surface area (Å²) in [6.45, 7) is 4.38. The zero-order chi connectivity index (χ0) is 25.0. The van der Waals surface area contributed by atoms with Crippen LogP contribution in [0.3, 0.4) is 0 Å². The molecule has 0 unspecified atom stereocenters. The van der Waals surface area contributed by atoms with Crippen molar-refractivity contribution in [1.29, 1.82) is 0 Å². The number of hydrogen-bond donors (Lipinski definition) is 1. The Balaban J connectivity index is 1.52. The number of halogens is 2. The van der Waals surface area contributed by atoms with Gasteiger partial charge < -0.3 is 24.3 Å². The summed E-state index contributed by atoms with van der Waals surface area (Å²) in [6.07, 6.45) is 1.80. The van der Waals surface area contributed by atoms with Gasteiger partial charge in [-0.3, -0.25) is 4.98 Å². The van der Waals surface area contributed by atoms with Crippen molar-refractivity contribution in [2.24, 2.45) is 0 Å². The highest BCUT2D eigenvalue weighted by Crippen LogP contribution is 2.46. The minimum Gasteiger partial charge on any atom is -0.454 e. The van der Waals surface area contributed by atoms with Crippen molar-refractivity contribution in [3.8, 4) is 17.2 Å². The van der Waals surface area contributed by atoms with Gasteiger partial charge in [-0.15, -0.1) is 0 Å². The molecule has 0 spiro atoms. The van der Waals surface area contributed by atoms with E-state index in [1.54, 1.807) is 12.3 Å². The van der Waals surface area contributed by atoms with Crippen molar-refractivity contribution in [3.05, 3.63) is 99.6 Å². The molecule has 4 heterocycles. The van der Waals surface area contributed by atoms with Crippen LogP contribution in [0.5, 0.6) is 11.5 Å². The average molecular weight is 537 g/mol. The first kappa shape index (κ1) is 23.2. The van der Waals surface area contributed by atoms with Crippen LogP contribution < -0.4 is 19.7 Å². The van der Waals surface area contributed by atoms with E-state index >= 15 is 0 Å². The normalized spacial score (nSPS) is 18.6. The smallest absolute Gasteiger partial charge is 0.231 e. The lowest BCUT2D eigenvalue weighted by molar-refractivity contribution is 0.174. The van der Waals surface area contributed by atoms with Crippen LogP contribution in [-0.2, 0) is 0 Å². The van der Waals surface area contributed by atoms with E-state index in [-0.39, 0.29) is 18.9 Å². The van der Waals surface area contributed by atoms with Gasteiger partial charge in [-0.25, -0.2) is 0 Å². The molecular formula is C27H22Cl2N4O2S. The van der Waals surface area contributed by atoms with Gasteiger partial charge in [0.2, 0.25) is 6.79 Å². The van der Waals surface area contributed by atoms with Crippen LogP contribution >= 0.6 is 35.4 Å². The highest BCUT2D eigenvalue weighted by molar-refractivity contribution is 7.80. The number of pyridine rings is 1. The molecule has 0 bridgehead atoms.